The molecule has 0 radical (unpaired) electrons. The van der Waals surface area contributed by atoms with Gasteiger partial charge in [0, 0.05) is 11.6 Å². The van der Waals surface area contributed by atoms with E-state index in [0.717, 1.165) is 0 Å². The predicted octanol–water partition coefficient (Wildman–Crippen LogP) is 1.99. The fraction of sp³-hybridized carbons (Fsp3) is 0.0909. The standard InChI is InChI=1S/C11H9NO3.ClH/c13-9-4-3-7(6-10(14)15)8-2-1-5-12-11(8)9;/h1-5,13H,6H2,(H,14,15);1H. The molecule has 0 spiro atoms. The molecule has 0 fully saturated rings. The van der Waals surface area contributed by atoms with E-state index in [9.17, 15) is 9.90 Å². The zero-order chi connectivity index (χ0) is 10.8. The number of rotatable bonds is 2. The highest BCUT2D eigenvalue weighted by molar-refractivity contribution is 5.89. The van der Waals surface area contributed by atoms with Gasteiger partial charge in [0.2, 0.25) is 0 Å². The Balaban J connectivity index is 0.00000128. The smallest absolute Gasteiger partial charge is 0.307 e. The number of aromatic hydroxyl groups is 1. The first kappa shape index (κ1) is 12.3. The number of benzene rings is 1. The number of carbonyl (C=O) groups is 1. The molecular weight excluding hydrogens is 230 g/mol. The molecule has 5 heteroatoms. The van der Waals surface area contributed by atoms with Crippen LogP contribution < -0.4 is 0 Å². The Morgan fingerprint density at radius 3 is 2.75 bits per heavy atom. The van der Waals surface area contributed by atoms with Crippen LogP contribution in [0.4, 0.5) is 0 Å². The number of carboxylic acids is 1. The SMILES string of the molecule is Cl.O=C(O)Cc1ccc(O)c2ncccc12. The highest BCUT2D eigenvalue weighted by Crippen LogP contribution is 2.25. The van der Waals surface area contributed by atoms with Gasteiger partial charge in [-0.2, -0.15) is 0 Å². The molecule has 0 aliphatic carbocycles. The number of carboxylic acid groups (broad SMARTS) is 1. The molecule has 0 amide bonds. The minimum absolute atomic E-state index is 0. The molecule has 0 saturated carbocycles. The minimum Gasteiger partial charge on any atom is -0.506 e. The van der Waals surface area contributed by atoms with Crippen molar-refractivity contribution in [2.45, 2.75) is 6.42 Å². The lowest BCUT2D eigenvalue weighted by molar-refractivity contribution is -0.136. The molecule has 2 aromatic rings. The highest BCUT2D eigenvalue weighted by atomic mass is 35.5. The summed E-state index contributed by atoms with van der Waals surface area (Å²) in [5.41, 5.74) is 1.10. The van der Waals surface area contributed by atoms with E-state index in [-0.39, 0.29) is 24.6 Å². The van der Waals surface area contributed by atoms with Crippen LogP contribution in [-0.2, 0) is 11.2 Å². The largest absolute Gasteiger partial charge is 0.506 e. The third-order valence-corrected chi connectivity index (χ3v) is 2.18. The van der Waals surface area contributed by atoms with Gasteiger partial charge in [0.1, 0.15) is 11.3 Å². The number of halogens is 1. The van der Waals surface area contributed by atoms with Gasteiger partial charge in [-0.25, -0.2) is 0 Å². The van der Waals surface area contributed by atoms with Crippen LogP contribution in [0.5, 0.6) is 5.75 Å². The van der Waals surface area contributed by atoms with Crippen LogP contribution in [0.1, 0.15) is 5.56 Å². The maximum atomic E-state index is 10.6. The van der Waals surface area contributed by atoms with Crippen LogP contribution in [0.2, 0.25) is 0 Å². The molecule has 0 aliphatic heterocycles. The molecule has 84 valence electrons. The first-order valence-corrected chi connectivity index (χ1v) is 4.46. The number of hydrogen-bond donors (Lipinski definition) is 2. The van der Waals surface area contributed by atoms with Crippen molar-refractivity contribution in [3.63, 3.8) is 0 Å². The normalized spacial score (nSPS) is 9.75. The summed E-state index contributed by atoms with van der Waals surface area (Å²) in [6.45, 7) is 0. The molecule has 2 N–H and O–H groups in total. The summed E-state index contributed by atoms with van der Waals surface area (Å²) in [6.07, 6.45) is 1.50. The van der Waals surface area contributed by atoms with Crippen LogP contribution in [-0.4, -0.2) is 21.2 Å². The van der Waals surface area contributed by atoms with Crippen LogP contribution in [0, 0.1) is 0 Å². The Kier molecular flexibility index (Phi) is 3.68. The van der Waals surface area contributed by atoms with Crippen LogP contribution in [0.3, 0.4) is 0 Å². The molecule has 2 rings (SSSR count). The van der Waals surface area contributed by atoms with E-state index >= 15 is 0 Å². The minimum atomic E-state index is -0.897. The van der Waals surface area contributed by atoms with E-state index in [1.807, 2.05) is 0 Å². The first-order chi connectivity index (χ1) is 7.18. The summed E-state index contributed by atoms with van der Waals surface area (Å²) >= 11 is 0. The second kappa shape index (κ2) is 4.81. The quantitative estimate of drug-likeness (QED) is 0.841. The second-order valence-electron chi connectivity index (χ2n) is 3.21. The average Bonchev–Trinajstić information content (AvgIpc) is 2.22. The molecule has 4 nitrogen and oxygen atoms in total. The van der Waals surface area contributed by atoms with Crippen molar-refractivity contribution < 1.29 is 15.0 Å². The number of pyridine rings is 1. The first-order valence-electron chi connectivity index (χ1n) is 4.46. The van der Waals surface area contributed by atoms with E-state index < -0.39 is 5.97 Å². The fourth-order valence-electron chi connectivity index (χ4n) is 1.53. The van der Waals surface area contributed by atoms with E-state index in [1.54, 1.807) is 24.4 Å². The molecule has 0 saturated heterocycles. The Labute approximate surface area is 98.0 Å². The molecule has 1 aromatic heterocycles. The number of aliphatic carboxylic acids is 1. The van der Waals surface area contributed by atoms with Crippen molar-refractivity contribution in [2.75, 3.05) is 0 Å². The van der Waals surface area contributed by atoms with E-state index in [0.29, 0.717) is 16.5 Å². The number of hydrogen-bond acceptors (Lipinski definition) is 3. The summed E-state index contributed by atoms with van der Waals surface area (Å²) in [6, 6.07) is 6.54. The Morgan fingerprint density at radius 1 is 1.31 bits per heavy atom. The second-order valence-corrected chi connectivity index (χ2v) is 3.21. The highest BCUT2D eigenvalue weighted by Gasteiger charge is 2.08. The summed E-state index contributed by atoms with van der Waals surface area (Å²) in [4.78, 5) is 14.6. The summed E-state index contributed by atoms with van der Waals surface area (Å²) in [5.74, 6) is -0.828. The fourth-order valence-corrected chi connectivity index (χ4v) is 1.53. The zero-order valence-electron chi connectivity index (χ0n) is 8.25. The lowest BCUT2D eigenvalue weighted by atomic mass is 10.1. The zero-order valence-corrected chi connectivity index (χ0v) is 9.07. The Hall–Kier alpha value is -1.81. The molecule has 0 unspecified atom stereocenters. The lowest BCUT2D eigenvalue weighted by Crippen LogP contribution is -2.00. The van der Waals surface area contributed by atoms with Crippen LogP contribution in [0.25, 0.3) is 10.9 Å². The van der Waals surface area contributed by atoms with Gasteiger partial charge in [-0.05, 0) is 17.7 Å². The number of aromatic nitrogens is 1. The summed E-state index contributed by atoms with van der Waals surface area (Å²) in [7, 11) is 0. The Morgan fingerprint density at radius 2 is 2.06 bits per heavy atom. The predicted molar refractivity (Wildman–Crippen MR) is 62.0 cm³/mol. The van der Waals surface area contributed by atoms with Crippen molar-refractivity contribution in [1.29, 1.82) is 0 Å². The van der Waals surface area contributed by atoms with Gasteiger partial charge in [-0.1, -0.05) is 12.1 Å². The summed E-state index contributed by atoms with van der Waals surface area (Å²) < 4.78 is 0. The van der Waals surface area contributed by atoms with Crippen molar-refractivity contribution in [3.8, 4) is 5.75 Å². The topological polar surface area (TPSA) is 70.4 Å². The van der Waals surface area contributed by atoms with Gasteiger partial charge in [0.25, 0.3) is 0 Å². The number of nitrogens with zero attached hydrogens (tertiary/aromatic N) is 1. The average molecular weight is 240 g/mol. The monoisotopic (exact) mass is 239 g/mol. The van der Waals surface area contributed by atoms with Crippen molar-refractivity contribution in [3.05, 3.63) is 36.0 Å². The lowest BCUT2D eigenvalue weighted by Gasteiger charge is -2.04. The van der Waals surface area contributed by atoms with E-state index in [4.69, 9.17) is 5.11 Å². The van der Waals surface area contributed by atoms with Gasteiger partial charge in [0.15, 0.2) is 0 Å². The third kappa shape index (κ3) is 2.23. The molecule has 1 heterocycles. The van der Waals surface area contributed by atoms with Crippen LogP contribution in [0.15, 0.2) is 30.5 Å². The van der Waals surface area contributed by atoms with Gasteiger partial charge < -0.3 is 10.2 Å². The van der Waals surface area contributed by atoms with Crippen molar-refractivity contribution in [1.82, 2.24) is 4.98 Å². The third-order valence-electron chi connectivity index (χ3n) is 2.18. The van der Waals surface area contributed by atoms with E-state index in [2.05, 4.69) is 4.98 Å². The molecular formula is C11H10ClNO3. The molecule has 0 atom stereocenters. The van der Waals surface area contributed by atoms with Gasteiger partial charge >= 0.3 is 5.97 Å². The van der Waals surface area contributed by atoms with Crippen molar-refractivity contribution >= 4 is 29.3 Å². The molecule has 1 aromatic carbocycles. The Bertz CT molecular complexity index is 528. The van der Waals surface area contributed by atoms with Crippen molar-refractivity contribution in [2.24, 2.45) is 0 Å². The van der Waals surface area contributed by atoms with E-state index in [1.165, 1.54) is 6.07 Å². The maximum absolute atomic E-state index is 10.6. The molecule has 0 bridgehead atoms. The number of phenols is 1. The molecule has 0 aliphatic rings. The number of fused-ring (bicyclic) bond motifs is 1. The molecule has 16 heavy (non-hydrogen) atoms. The maximum Gasteiger partial charge on any atom is 0.307 e. The van der Waals surface area contributed by atoms with Gasteiger partial charge in [-0.15, -0.1) is 12.4 Å². The van der Waals surface area contributed by atoms with Crippen LogP contribution >= 0.6 is 12.4 Å². The number of phenolic OH excluding ortho intramolecular Hbond substituents is 1. The summed E-state index contributed by atoms with van der Waals surface area (Å²) in [5, 5.41) is 18.9. The van der Waals surface area contributed by atoms with Gasteiger partial charge in [-0.3, -0.25) is 9.78 Å². The van der Waals surface area contributed by atoms with Gasteiger partial charge in [0.05, 0.1) is 6.42 Å².